The molecule has 0 saturated heterocycles. The second-order valence-corrected chi connectivity index (χ2v) is 6.72. The minimum absolute atomic E-state index is 0.00759. The first-order chi connectivity index (χ1) is 9.51. The maximum Gasteiger partial charge on any atom is 0.333 e. The van der Waals surface area contributed by atoms with E-state index in [1.54, 1.807) is 25.9 Å². The molecule has 0 aliphatic carbocycles. The molecule has 0 spiro atoms. The van der Waals surface area contributed by atoms with Crippen LogP contribution in [0.3, 0.4) is 0 Å². The van der Waals surface area contributed by atoms with Crippen molar-refractivity contribution in [3.8, 4) is 0 Å². The van der Waals surface area contributed by atoms with Gasteiger partial charge in [-0.1, -0.05) is 13.5 Å². The van der Waals surface area contributed by atoms with Gasteiger partial charge in [0.1, 0.15) is 12.4 Å². The van der Waals surface area contributed by atoms with Crippen LogP contribution >= 0.6 is 0 Å². The summed E-state index contributed by atoms with van der Waals surface area (Å²) in [5.74, 6) is -1.04. The molecule has 124 valence electrons. The van der Waals surface area contributed by atoms with Gasteiger partial charge in [0.25, 0.3) is 10.1 Å². The fraction of sp³-hybridized carbons (Fsp3) is 0.769. The highest BCUT2D eigenvalue weighted by molar-refractivity contribution is 7.85. The summed E-state index contributed by atoms with van der Waals surface area (Å²) >= 11 is 0. The largest absolute Gasteiger partial charge is 0.460 e. The van der Waals surface area contributed by atoms with Crippen LogP contribution < -0.4 is 0 Å². The minimum atomic E-state index is -4.18. The van der Waals surface area contributed by atoms with Crippen LogP contribution in [-0.4, -0.2) is 69.0 Å². The number of nitrogens with zero attached hydrogens (tertiary/aromatic N) is 1. The van der Waals surface area contributed by atoms with E-state index in [0.717, 1.165) is 0 Å². The molecule has 0 aliphatic rings. The lowest BCUT2D eigenvalue weighted by Gasteiger charge is -2.34. The number of hydrogen-bond acceptors (Lipinski definition) is 6. The summed E-state index contributed by atoms with van der Waals surface area (Å²) in [7, 11) is -0.627. The van der Waals surface area contributed by atoms with E-state index in [-0.39, 0.29) is 18.8 Å². The van der Waals surface area contributed by atoms with E-state index >= 15 is 0 Å². The number of hydrogen-bond donors (Lipinski definition) is 1. The van der Waals surface area contributed by atoms with Gasteiger partial charge < -0.3 is 14.4 Å². The Morgan fingerprint density at radius 1 is 1.33 bits per heavy atom. The normalized spacial score (nSPS) is 14.8. The zero-order valence-electron chi connectivity index (χ0n) is 13.1. The second-order valence-electron chi connectivity index (χ2n) is 5.27. The topological polar surface area (TPSA) is 93.1 Å². The molecule has 21 heavy (non-hydrogen) atoms. The molecular formula is C13H25NO6S. The molecule has 1 atom stereocenters. The molecule has 8 heteroatoms. The lowest BCUT2D eigenvalue weighted by atomic mass is 10.0. The smallest absolute Gasteiger partial charge is 0.333 e. The molecule has 0 aliphatic heterocycles. The molecule has 0 fully saturated rings. The Kier molecular flexibility index (Phi) is 8.09. The zero-order valence-corrected chi connectivity index (χ0v) is 13.9. The first-order valence-electron chi connectivity index (χ1n) is 6.58. The van der Waals surface area contributed by atoms with Crippen molar-refractivity contribution in [2.24, 2.45) is 0 Å². The van der Waals surface area contributed by atoms with Crippen LogP contribution in [-0.2, 0) is 24.4 Å². The molecule has 1 unspecified atom stereocenters. The van der Waals surface area contributed by atoms with Crippen molar-refractivity contribution in [1.29, 1.82) is 0 Å². The van der Waals surface area contributed by atoms with Gasteiger partial charge in [0.05, 0.1) is 12.2 Å². The van der Waals surface area contributed by atoms with Gasteiger partial charge in [-0.2, -0.15) is 8.42 Å². The van der Waals surface area contributed by atoms with Crippen LogP contribution in [0.2, 0.25) is 0 Å². The van der Waals surface area contributed by atoms with Crippen molar-refractivity contribution in [2.75, 3.05) is 39.6 Å². The van der Waals surface area contributed by atoms with Gasteiger partial charge in [-0.25, -0.2) is 4.79 Å². The van der Waals surface area contributed by atoms with Crippen LogP contribution in [0.5, 0.6) is 0 Å². The van der Waals surface area contributed by atoms with Gasteiger partial charge in [0, 0.05) is 12.1 Å². The second kappa shape index (κ2) is 8.47. The van der Waals surface area contributed by atoms with Crippen molar-refractivity contribution < 1.29 is 27.2 Å². The summed E-state index contributed by atoms with van der Waals surface area (Å²) in [4.78, 5) is 13.0. The van der Waals surface area contributed by atoms with E-state index < -0.39 is 27.4 Å². The summed E-state index contributed by atoms with van der Waals surface area (Å²) in [6.45, 7) is 7.10. The lowest BCUT2D eigenvalue weighted by Crippen LogP contribution is -2.48. The monoisotopic (exact) mass is 323 g/mol. The molecule has 0 bridgehead atoms. The van der Waals surface area contributed by atoms with Crippen molar-refractivity contribution in [3.05, 3.63) is 12.2 Å². The molecule has 0 aromatic rings. The molecule has 0 saturated carbocycles. The van der Waals surface area contributed by atoms with E-state index in [0.29, 0.717) is 13.0 Å². The highest BCUT2D eigenvalue weighted by Gasteiger charge is 2.35. The summed E-state index contributed by atoms with van der Waals surface area (Å²) in [5.41, 5.74) is -0.768. The third-order valence-electron chi connectivity index (χ3n) is 2.77. The maximum atomic E-state index is 11.2. The molecule has 0 aromatic carbocycles. The van der Waals surface area contributed by atoms with Gasteiger partial charge in [-0.15, -0.1) is 0 Å². The fourth-order valence-corrected chi connectivity index (χ4v) is 2.92. The van der Waals surface area contributed by atoms with Crippen LogP contribution in [0.1, 0.15) is 20.3 Å². The van der Waals surface area contributed by atoms with Gasteiger partial charge in [-0.3, -0.25) is 4.55 Å². The van der Waals surface area contributed by atoms with Gasteiger partial charge in [-0.05, 0) is 27.4 Å². The Balaban J connectivity index is 4.67. The highest BCUT2D eigenvalue weighted by Crippen LogP contribution is 2.19. The lowest BCUT2D eigenvalue weighted by molar-refractivity contribution is -0.143. The van der Waals surface area contributed by atoms with Gasteiger partial charge >= 0.3 is 5.97 Å². The molecule has 0 aromatic heterocycles. The van der Waals surface area contributed by atoms with Gasteiger partial charge in [0.15, 0.2) is 0 Å². The predicted octanol–water partition coefficient (Wildman–Crippen LogP) is 0.721. The molecule has 1 N–H and O–H groups in total. The van der Waals surface area contributed by atoms with Crippen molar-refractivity contribution >= 4 is 16.1 Å². The summed E-state index contributed by atoms with van der Waals surface area (Å²) < 4.78 is 41.9. The van der Waals surface area contributed by atoms with E-state index in [4.69, 9.17) is 14.0 Å². The summed E-state index contributed by atoms with van der Waals surface area (Å²) in [5, 5.41) is 0. The predicted molar refractivity (Wildman–Crippen MR) is 79.7 cm³/mol. The first kappa shape index (κ1) is 20.0. The van der Waals surface area contributed by atoms with Crippen LogP contribution in [0.25, 0.3) is 0 Å². The summed E-state index contributed by atoms with van der Waals surface area (Å²) in [6.07, 6.45) is 0.388. The Bertz CT molecular complexity index is 459. The SMILES string of the molecule is C=C(C)C(=O)OCCOC(CC)(CN(C)C)CS(=O)(=O)O. The Hall–Kier alpha value is -0.960. The molecule has 0 heterocycles. The van der Waals surface area contributed by atoms with Crippen molar-refractivity contribution in [3.63, 3.8) is 0 Å². The van der Waals surface area contributed by atoms with Crippen LogP contribution in [0.4, 0.5) is 0 Å². The summed E-state index contributed by atoms with van der Waals surface area (Å²) in [6, 6.07) is 0. The average molecular weight is 323 g/mol. The first-order valence-corrected chi connectivity index (χ1v) is 8.19. The third kappa shape index (κ3) is 8.82. The number of rotatable bonds is 10. The van der Waals surface area contributed by atoms with Crippen molar-refractivity contribution in [1.82, 2.24) is 4.90 Å². The Morgan fingerprint density at radius 2 is 1.90 bits per heavy atom. The fourth-order valence-electron chi connectivity index (χ4n) is 1.87. The molecule has 0 amide bonds. The number of carbonyl (C=O) groups excluding carboxylic acids is 1. The van der Waals surface area contributed by atoms with Crippen LogP contribution in [0.15, 0.2) is 12.2 Å². The van der Waals surface area contributed by atoms with E-state index in [2.05, 4.69) is 6.58 Å². The highest BCUT2D eigenvalue weighted by atomic mass is 32.2. The van der Waals surface area contributed by atoms with E-state index in [1.165, 1.54) is 6.92 Å². The zero-order chi connectivity index (χ0) is 16.7. The minimum Gasteiger partial charge on any atom is -0.460 e. The van der Waals surface area contributed by atoms with E-state index in [9.17, 15) is 13.2 Å². The molecular weight excluding hydrogens is 298 g/mol. The quantitative estimate of drug-likeness (QED) is 0.274. The number of esters is 1. The Morgan fingerprint density at radius 3 is 2.29 bits per heavy atom. The number of carbonyl (C=O) groups is 1. The van der Waals surface area contributed by atoms with E-state index in [1.807, 2.05) is 0 Å². The van der Waals surface area contributed by atoms with Crippen LogP contribution in [0, 0.1) is 0 Å². The molecule has 0 rings (SSSR count). The standard InChI is InChI=1S/C13H25NO6S/c1-6-13(9-14(4)5,10-21(16,17)18)20-8-7-19-12(15)11(2)3/h2,6-10H2,1,3-5H3,(H,16,17,18). The van der Waals surface area contributed by atoms with Gasteiger partial charge in [0.2, 0.25) is 0 Å². The van der Waals surface area contributed by atoms with Crippen molar-refractivity contribution in [2.45, 2.75) is 25.9 Å². The maximum absolute atomic E-state index is 11.2. The number of ether oxygens (including phenoxy) is 2. The average Bonchev–Trinajstić information content (AvgIpc) is 2.31. The third-order valence-corrected chi connectivity index (χ3v) is 3.66. The Labute approximate surface area is 126 Å². The molecule has 7 nitrogen and oxygen atoms in total. The number of likely N-dealkylation sites (N-methyl/N-ethyl adjacent to an activating group) is 1. The molecule has 0 radical (unpaired) electrons.